The smallest absolute Gasteiger partial charge is 0.335 e. The summed E-state index contributed by atoms with van der Waals surface area (Å²) in [6, 6.07) is 17.8. The highest BCUT2D eigenvalue weighted by atomic mass is 16.4. The Morgan fingerprint density at radius 2 is 1.44 bits per heavy atom. The molecule has 2 atom stereocenters. The predicted octanol–water partition coefficient (Wildman–Crippen LogP) is 3.66. The average Bonchev–Trinajstić information content (AvgIpc) is 3.20. The Kier molecular flexibility index (Phi) is 2.63. The zero-order chi connectivity index (χ0) is 12.5. The molecule has 2 aromatic rings. The molecule has 0 unspecified atom stereocenters. The molecule has 0 aliphatic heterocycles. The lowest BCUT2D eigenvalue weighted by Crippen LogP contribution is -1.95. The van der Waals surface area contributed by atoms with Crippen LogP contribution in [0.2, 0.25) is 0 Å². The molecule has 3 rings (SSSR count). The second kappa shape index (κ2) is 4.30. The third-order valence-corrected chi connectivity index (χ3v) is 3.60. The van der Waals surface area contributed by atoms with Crippen LogP contribution in [0.1, 0.15) is 39.7 Å². The third kappa shape index (κ3) is 2.02. The molecule has 18 heavy (non-hydrogen) atoms. The van der Waals surface area contributed by atoms with Gasteiger partial charge in [-0.3, -0.25) is 0 Å². The average molecular weight is 238 g/mol. The van der Waals surface area contributed by atoms with Crippen molar-refractivity contribution in [2.45, 2.75) is 18.3 Å². The van der Waals surface area contributed by atoms with E-state index in [4.69, 9.17) is 5.11 Å². The monoisotopic (exact) mass is 238 g/mol. The van der Waals surface area contributed by atoms with Gasteiger partial charge in [-0.15, -0.1) is 0 Å². The molecule has 90 valence electrons. The molecule has 2 aromatic carbocycles. The fourth-order valence-corrected chi connectivity index (χ4v) is 2.50. The van der Waals surface area contributed by atoms with E-state index in [0.717, 1.165) is 6.42 Å². The quantitative estimate of drug-likeness (QED) is 0.886. The highest BCUT2D eigenvalue weighted by Crippen LogP contribution is 2.54. The Labute approximate surface area is 106 Å². The molecule has 1 aliphatic rings. The molecule has 0 aromatic heterocycles. The molecule has 0 bridgehead atoms. The number of rotatable bonds is 3. The first-order chi connectivity index (χ1) is 8.75. The zero-order valence-electron chi connectivity index (χ0n) is 9.91. The summed E-state index contributed by atoms with van der Waals surface area (Å²) >= 11 is 0. The molecule has 1 aliphatic carbocycles. The fourth-order valence-electron chi connectivity index (χ4n) is 2.50. The summed E-state index contributed by atoms with van der Waals surface area (Å²) in [4.78, 5) is 10.8. The second-order valence-electron chi connectivity index (χ2n) is 4.79. The number of hydrogen-bond donors (Lipinski definition) is 1. The molecule has 2 heteroatoms. The standard InChI is InChI=1S/C16H14O2/c17-16(18)13-8-6-12(7-9-13)15-10-14(15)11-4-2-1-3-5-11/h1-9,14-15H,10H2,(H,17,18)/t14-,15-/m0/s1. The minimum Gasteiger partial charge on any atom is -0.478 e. The summed E-state index contributed by atoms with van der Waals surface area (Å²) in [5.41, 5.74) is 2.98. The molecule has 2 nitrogen and oxygen atoms in total. The lowest BCUT2D eigenvalue weighted by atomic mass is 10.0. The van der Waals surface area contributed by atoms with Crippen LogP contribution in [-0.4, -0.2) is 11.1 Å². The van der Waals surface area contributed by atoms with Gasteiger partial charge in [0.1, 0.15) is 0 Å². The van der Waals surface area contributed by atoms with Crippen molar-refractivity contribution in [3.05, 3.63) is 71.3 Å². The Hall–Kier alpha value is -2.09. The van der Waals surface area contributed by atoms with Crippen LogP contribution in [0.25, 0.3) is 0 Å². The van der Waals surface area contributed by atoms with Crippen molar-refractivity contribution >= 4 is 5.97 Å². The minimum atomic E-state index is -0.864. The lowest BCUT2D eigenvalue weighted by molar-refractivity contribution is 0.0697. The highest BCUT2D eigenvalue weighted by molar-refractivity contribution is 5.87. The molecular formula is C16H14O2. The van der Waals surface area contributed by atoms with Crippen LogP contribution < -0.4 is 0 Å². The fraction of sp³-hybridized carbons (Fsp3) is 0.188. The van der Waals surface area contributed by atoms with Crippen LogP contribution in [0.3, 0.4) is 0 Å². The van der Waals surface area contributed by atoms with Gasteiger partial charge in [-0.1, -0.05) is 42.5 Å². The Bertz CT molecular complexity index is 557. The molecule has 1 fully saturated rings. The van der Waals surface area contributed by atoms with Crippen LogP contribution in [0.4, 0.5) is 0 Å². The van der Waals surface area contributed by atoms with E-state index in [1.807, 2.05) is 18.2 Å². The van der Waals surface area contributed by atoms with Gasteiger partial charge in [0.25, 0.3) is 0 Å². The number of benzene rings is 2. The highest BCUT2D eigenvalue weighted by Gasteiger charge is 2.39. The number of hydrogen-bond acceptors (Lipinski definition) is 1. The Balaban J connectivity index is 1.77. The van der Waals surface area contributed by atoms with Gasteiger partial charge in [-0.25, -0.2) is 4.79 Å². The van der Waals surface area contributed by atoms with Gasteiger partial charge in [0, 0.05) is 0 Å². The zero-order valence-corrected chi connectivity index (χ0v) is 9.91. The van der Waals surface area contributed by atoms with Gasteiger partial charge < -0.3 is 5.11 Å². The van der Waals surface area contributed by atoms with Gasteiger partial charge in [0.05, 0.1) is 5.56 Å². The van der Waals surface area contributed by atoms with Crippen LogP contribution in [-0.2, 0) is 0 Å². The first kappa shape index (κ1) is 11.0. The van der Waals surface area contributed by atoms with E-state index in [0.29, 0.717) is 17.4 Å². The van der Waals surface area contributed by atoms with E-state index in [-0.39, 0.29) is 0 Å². The molecular weight excluding hydrogens is 224 g/mol. The molecule has 0 saturated heterocycles. The van der Waals surface area contributed by atoms with E-state index in [9.17, 15) is 4.79 Å². The number of carboxylic acids is 1. The van der Waals surface area contributed by atoms with E-state index >= 15 is 0 Å². The van der Waals surface area contributed by atoms with Crippen molar-refractivity contribution in [2.24, 2.45) is 0 Å². The van der Waals surface area contributed by atoms with Gasteiger partial charge in [0.2, 0.25) is 0 Å². The summed E-state index contributed by atoms with van der Waals surface area (Å²) in [5.74, 6) is 0.286. The van der Waals surface area contributed by atoms with E-state index in [2.05, 4.69) is 24.3 Å². The van der Waals surface area contributed by atoms with Crippen molar-refractivity contribution < 1.29 is 9.90 Å². The molecule has 0 heterocycles. The van der Waals surface area contributed by atoms with Crippen molar-refractivity contribution in [3.8, 4) is 0 Å². The van der Waals surface area contributed by atoms with Gasteiger partial charge in [0.15, 0.2) is 0 Å². The summed E-state index contributed by atoms with van der Waals surface area (Å²) in [5, 5.41) is 8.86. The first-order valence-electron chi connectivity index (χ1n) is 6.14. The van der Waals surface area contributed by atoms with Gasteiger partial charge >= 0.3 is 5.97 Å². The third-order valence-electron chi connectivity index (χ3n) is 3.60. The minimum absolute atomic E-state index is 0.357. The summed E-state index contributed by atoms with van der Waals surface area (Å²) in [6.45, 7) is 0. The van der Waals surface area contributed by atoms with E-state index < -0.39 is 5.97 Å². The first-order valence-corrected chi connectivity index (χ1v) is 6.14. The molecule has 0 spiro atoms. The van der Waals surface area contributed by atoms with Crippen molar-refractivity contribution in [1.82, 2.24) is 0 Å². The maximum atomic E-state index is 10.8. The van der Waals surface area contributed by atoms with Crippen LogP contribution in [0.5, 0.6) is 0 Å². The van der Waals surface area contributed by atoms with Crippen LogP contribution in [0, 0.1) is 0 Å². The largest absolute Gasteiger partial charge is 0.478 e. The van der Waals surface area contributed by atoms with Crippen molar-refractivity contribution in [2.75, 3.05) is 0 Å². The molecule has 1 saturated carbocycles. The second-order valence-corrected chi connectivity index (χ2v) is 4.79. The predicted molar refractivity (Wildman–Crippen MR) is 69.9 cm³/mol. The van der Waals surface area contributed by atoms with E-state index in [1.165, 1.54) is 11.1 Å². The van der Waals surface area contributed by atoms with Crippen LogP contribution in [0.15, 0.2) is 54.6 Å². The van der Waals surface area contributed by atoms with Gasteiger partial charge in [-0.2, -0.15) is 0 Å². The normalized spacial score (nSPS) is 21.6. The number of carboxylic acid groups (broad SMARTS) is 1. The summed E-state index contributed by atoms with van der Waals surface area (Å²) in [7, 11) is 0. The van der Waals surface area contributed by atoms with E-state index in [1.54, 1.807) is 12.1 Å². The van der Waals surface area contributed by atoms with Crippen LogP contribution >= 0.6 is 0 Å². The van der Waals surface area contributed by atoms with Crippen molar-refractivity contribution in [3.63, 3.8) is 0 Å². The SMILES string of the molecule is O=C(O)c1ccc([C@@H]2C[C@H]2c2ccccc2)cc1. The Morgan fingerprint density at radius 3 is 2.00 bits per heavy atom. The maximum Gasteiger partial charge on any atom is 0.335 e. The topological polar surface area (TPSA) is 37.3 Å². The molecule has 0 amide bonds. The maximum absolute atomic E-state index is 10.8. The van der Waals surface area contributed by atoms with Crippen molar-refractivity contribution in [1.29, 1.82) is 0 Å². The number of aromatic carboxylic acids is 1. The summed E-state index contributed by atoms with van der Waals surface area (Å²) < 4.78 is 0. The molecule has 1 N–H and O–H groups in total. The number of carbonyl (C=O) groups is 1. The Morgan fingerprint density at radius 1 is 0.889 bits per heavy atom. The van der Waals surface area contributed by atoms with Gasteiger partial charge in [-0.05, 0) is 41.5 Å². The summed E-state index contributed by atoms with van der Waals surface area (Å²) in [6.07, 6.45) is 1.16. The lowest BCUT2D eigenvalue weighted by Gasteiger charge is -2.02. The molecule has 0 radical (unpaired) electrons.